The van der Waals surface area contributed by atoms with Gasteiger partial charge in [-0.1, -0.05) is 23.9 Å². The summed E-state index contributed by atoms with van der Waals surface area (Å²) < 4.78 is 0. The van der Waals surface area contributed by atoms with Crippen molar-refractivity contribution in [3.8, 4) is 0 Å². The molecule has 2 atom stereocenters. The van der Waals surface area contributed by atoms with Crippen molar-refractivity contribution in [3.05, 3.63) is 25.3 Å². The van der Waals surface area contributed by atoms with E-state index in [4.69, 9.17) is 0 Å². The van der Waals surface area contributed by atoms with E-state index in [2.05, 4.69) is 33.2 Å². The second kappa shape index (κ2) is 2.62. The zero-order chi connectivity index (χ0) is 10.7. The van der Waals surface area contributed by atoms with Crippen LogP contribution in [0.3, 0.4) is 0 Å². The van der Waals surface area contributed by atoms with Crippen LogP contribution in [0.5, 0.6) is 0 Å². The Kier molecular flexibility index (Phi) is 1.70. The van der Waals surface area contributed by atoms with Crippen molar-refractivity contribution in [3.63, 3.8) is 0 Å². The molecule has 4 aliphatic carbocycles. The molecule has 0 saturated heterocycles. The molecule has 4 fully saturated rings. The molecule has 0 spiro atoms. The van der Waals surface area contributed by atoms with Crippen LogP contribution < -0.4 is 0 Å². The second-order valence-corrected chi connectivity index (χ2v) is 6.95. The largest absolute Gasteiger partial charge is 0.109 e. The van der Waals surface area contributed by atoms with E-state index in [0.717, 1.165) is 5.92 Å². The summed E-state index contributed by atoms with van der Waals surface area (Å²) in [5.41, 5.74) is 0.921. The van der Waals surface area contributed by atoms with Crippen LogP contribution in [0, 0.1) is 16.7 Å². The van der Waals surface area contributed by atoms with Gasteiger partial charge < -0.3 is 0 Å². The van der Waals surface area contributed by atoms with E-state index >= 15 is 0 Å². The van der Waals surface area contributed by atoms with Crippen LogP contribution in [-0.4, -0.2) is 7.85 Å². The maximum Gasteiger partial charge on any atom is 0.109 e. The van der Waals surface area contributed by atoms with Gasteiger partial charge >= 0.3 is 0 Å². The summed E-state index contributed by atoms with van der Waals surface area (Å²) in [6.45, 7) is 8.23. The quantitative estimate of drug-likeness (QED) is 0.474. The van der Waals surface area contributed by atoms with Crippen LogP contribution in [0.2, 0.25) is 5.31 Å². The molecule has 15 heavy (non-hydrogen) atoms. The van der Waals surface area contributed by atoms with Crippen molar-refractivity contribution in [1.29, 1.82) is 0 Å². The predicted octanol–water partition coefficient (Wildman–Crippen LogP) is 3.12. The molecule has 4 saturated carbocycles. The Hall–Kier alpha value is -0.455. The summed E-state index contributed by atoms with van der Waals surface area (Å²) in [6.07, 6.45) is 12.9. The van der Waals surface area contributed by atoms with E-state index in [9.17, 15) is 0 Å². The van der Waals surface area contributed by atoms with E-state index in [1.807, 2.05) is 0 Å². The monoisotopic (exact) mass is 200 g/mol. The Balaban J connectivity index is 2.07. The lowest BCUT2D eigenvalue weighted by Crippen LogP contribution is -2.52. The molecular weight excluding hydrogens is 179 g/mol. The van der Waals surface area contributed by atoms with Crippen LogP contribution in [-0.2, 0) is 0 Å². The number of allylic oxidation sites excluding steroid dienone is 2. The van der Waals surface area contributed by atoms with Crippen molar-refractivity contribution in [1.82, 2.24) is 0 Å². The zero-order valence-corrected chi connectivity index (χ0v) is 9.89. The van der Waals surface area contributed by atoms with Crippen LogP contribution in [0.1, 0.15) is 38.5 Å². The van der Waals surface area contributed by atoms with Crippen LogP contribution in [0.4, 0.5) is 0 Å². The normalized spacial score (nSPS) is 56.7. The van der Waals surface area contributed by atoms with E-state index in [0.29, 0.717) is 16.1 Å². The number of hydrogen-bond acceptors (Lipinski definition) is 0. The van der Waals surface area contributed by atoms with Gasteiger partial charge in [-0.15, -0.1) is 13.2 Å². The van der Waals surface area contributed by atoms with Crippen molar-refractivity contribution in [2.24, 2.45) is 16.7 Å². The Labute approximate surface area is 94.2 Å². The Morgan fingerprint density at radius 3 is 1.87 bits per heavy atom. The summed E-state index contributed by atoms with van der Waals surface area (Å²) in [5.74, 6) is 0.947. The molecule has 0 aromatic heterocycles. The van der Waals surface area contributed by atoms with E-state index in [-0.39, 0.29) is 0 Å². The molecule has 2 unspecified atom stereocenters. The van der Waals surface area contributed by atoms with Gasteiger partial charge in [0, 0.05) is 0 Å². The Morgan fingerprint density at radius 2 is 1.47 bits per heavy atom. The van der Waals surface area contributed by atoms with Crippen molar-refractivity contribution >= 4 is 7.85 Å². The van der Waals surface area contributed by atoms with Gasteiger partial charge in [0.25, 0.3) is 0 Å². The molecule has 0 amide bonds. The van der Waals surface area contributed by atoms with Gasteiger partial charge in [0.05, 0.1) is 0 Å². The van der Waals surface area contributed by atoms with E-state index in [1.165, 1.54) is 38.5 Å². The highest BCUT2D eigenvalue weighted by atomic mass is 14.6. The minimum atomic E-state index is 0.461. The Morgan fingerprint density at radius 1 is 0.933 bits per heavy atom. The third-order valence-corrected chi connectivity index (χ3v) is 5.30. The zero-order valence-electron chi connectivity index (χ0n) is 9.89. The lowest BCUT2D eigenvalue weighted by molar-refractivity contribution is -0.0530. The first-order valence-electron chi connectivity index (χ1n) is 6.30. The van der Waals surface area contributed by atoms with Gasteiger partial charge in [0.1, 0.15) is 7.85 Å². The molecular formula is C14H21B. The third-order valence-electron chi connectivity index (χ3n) is 5.30. The van der Waals surface area contributed by atoms with Crippen LogP contribution >= 0.6 is 0 Å². The first-order chi connectivity index (χ1) is 7.03. The predicted molar refractivity (Wildman–Crippen MR) is 67.7 cm³/mol. The number of hydrogen-bond donors (Lipinski definition) is 0. The summed E-state index contributed by atoms with van der Waals surface area (Å²) in [7, 11) is 2.49. The van der Waals surface area contributed by atoms with Crippen molar-refractivity contribution in [2.45, 2.75) is 43.8 Å². The molecule has 4 rings (SSSR count). The van der Waals surface area contributed by atoms with Gasteiger partial charge in [-0.3, -0.25) is 0 Å². The molecule has 80 valence electrons. The number of rotatable bonds is 2. The molecule has 0 aromatic carbocycles. The fourth-order valence-electron chi connectivity index (χ4n) is 5.54. The summed E-state index contributed by atoms with van der Waals surface area (Å²) in [6, 6.07) is 0. The lowest BCUT2D eigenvalue weighted by Gasteiger charge is -2.65. The minimum absolute atomic E-state index is 0.461. The summed E-state index contributed by atoms with van der Waals surface area (Å²) >= 11 is 0. The molecule has 4 bridgehead atoms. The fraction of sp³-hybridized carbons (Fsp3) is 0.714. The van der Waals surface area contributed by atoms with Gasteiger partial charge in [-0.2, -0.15) is 0 Å². The summed E-state index contributed by atoms with van der Waals surface area (Å²) in [5, 5.41) is 0.585. The molecule has 4 aliphatic rings. The highest BCUT2D eigenvalue weighted by molar-refractivity contribution is 6.15. The van der Waals surface area contributed by atoms with Crippen LogP contribution in [0.15, 0.2) is 25.3 Å². The van der Waals surface area contributed by atoms with Gasteiger partial charge in [0.15, 0.2) is 0 Å². The fourth-order valence-corrected chi connectivity index (χ4v) is 5.54. The highest BCUT2D eigenvalue weighted by Gasteiger charge is 2.59. The third kappa shape index (κ3) is 1.22. The lowest BCUT2D eigenvalue weighted by atomic mass is 9.35. The Bertz CT molecular complexity index is 306. The SMILES string of the molecule is BC12CC3CC(C=C)(C1)CC(C=C)(C3)C2. The first-order valence-corrected chi connectivity index (χ1v) is 6.30. The van der Waals surface area contributed by atoms with Crippen molar-refractivity contribution < 1.29 is 0 Å². The molecule has 0 heterocycles. The van der Waals surface area contributed by atoms with Crippen LogP contribution in [0.25, 0.3) is 0 Å². The minimum Gasteiger partial charge on any atom is -0.103 e. The van der Waals surface area contributed by atoms with Gasteiger partial charge in [-0.25, -0.2) is 0 Å². The van der Waals surface area contributed by atoms with E-state index < -0.39 is 0 Å². The average molecular weight is 200 g/mol. The average Bonchev–Trinajstić information content (AvgIpc) is 2.14. The van der Waals surface area contributed by atoms with E-state index in [1.54, 1.807) is 0 Å². The standard InChI is InChI=1S/C14H21B/c1-3-12-5-11-6-13(4-2,8-12)10-14(15,7-11)9-12/h3-4,11H,1-2,5-10,15H2. The molecule has 0 nitrogen and oxygen atoms in total. The molecule has 0 radical (unpaired) electrons. The smallest absolute Gasteiger partial charge is 0.103 e. The van der Waals surface area contributed by atoms with Gasteiger partial charge in [0.2, 0.25) is 0 Å². The topological polar surface area (TPSA) is 0 Å². The molecule has 0 N–H and O–H groups in total. The maximum atomic E-state index is 4.11. The first kappa shape index (κ1) is 9.75. The van der Waals surface area contributed by atoms with Gasteiger partial charge in [-0.05, 0) is 48.9 Å². The van der Waals surface area contributed by atoms with Crippen molar-refractivity contribution in [2.75, 3.05) is 0 Å². The maximum absolute atomic E-state index is 4.11. The second-order valence-electron chi connectivity index (χ2n) is 6.95. The molecule has 0 aromatic rings. The highest BCUT2D eigenvalue weighted by Crippen LogP contribution is 2.72. The molecule has 1 heteroatoms. The molecule has 0 aliphatic heterocycles. The summed E-state index contributed by atoms with van der Waals surface area (Å²) in [4.78, 5) is 0.